The van der Waals surface area contributed by atoms with E-state index in [1.165, 1.54) is 166 Å². The SMILES string of the molecule is CC1=CN(C)B(c2cc(-c3ccccc3)c(C)c[n+]2C)c2oc3ccccc3c21.CC1=CN(C)B(c2cc(-c3ccccc3)cc[n+]2C)c2oc3ccccc3c21.CN1C=Cc2c(oc3ccccc23)B1c1cc(-c2ccccc2)cc[n+]1C.Cc1c[n+](C)c(B2c3oc4ccccc4c3C=CN2C)cc1-c1ccccc1.Cc1cc(B2c3oc4ccccc4c3C=CN2C)[n+](C)cc1-c1ccccc1. The van der Waals surface area contributed by atoms with E-state index < -0.39 is 0 Å². The topological polar surface area (TPSA) is 101 Å². The van der Waals surface area contributed by atoms with Crippen molar-refractivity contribution in [3.63, 3.8) is 0 Å². The maximum atomic E-state index is 6.43. The molecule has 5 aliphatic heterocycles. The zero-order valence-electron chi connectivity index (χ0n) is 81.9. The molecule has 20 aromatic rings. The number of rotatable bonds is 10. The number of hydrogen-bond acceptors (Lipinski definition) is 10. The molecule has 680 valence electrons. The Morgan fingerprint density at radius 2 is 0.493 bits per heavy atom. The molecule has 0 fully saturated rings. The van der Waals surface area contributed by atoms with Crippen LogP contribution in [0.4, 0.5) is 0 Å². The van der Waals surface area contributed by atoms with Gasteiger partial charge in [0.1, 0.15) is 91.5 Å². The first-order valence-electron chi connectivity index (χ1n) is 48.0. The minimum absolute atomic E-state index is 0.0224. The fourth-order valence-electron chi connectivity index (χ4n) is 21.4. The molecular weight excluding hydrogens is 1720 g/mol. The fraction of sp³-hybridized carbons (Fsp3) is 0.125. The van der Waals surface area contributed by atoms with Gasteiger partial charge in [-0.2, -0.15) is 0 Å². The lowest BCUT2D eigenvalue weighted by Crippen LogP contribution is -2.65. The van der Waals surface area contributed by atoms with Gasteiger partial charge in [-0.05, 0) is 216 Å². The summed E-state index contributed by atoms with van der Waals surface area (Å²) in [6, 6.07) is 110. The average Bonchev–Trinajstić information content (AvgIpc) is 1.30. The summed E-state index contributed by atoms with van der Waals surface area (Å²) in [5, 5.41) is 5.89. The third-order valence-electron chi connectivity index (χ3n) is 28.3. The lowest BCUT2D eigenvalue weighted by molar-refractivity contribution is -0.654. The quantitative estimate of drug-likeness (QED) is 0.0972. The van der Waals surface area contributed by atoms with Crippen molar-refractivity contribution in [1.29, 1.82) is 0 Å². The standard InChI is InChI=1S/C25H24BN2O.3C24H22BN2O.C23H20BN2O/c1-17-15-27(3)23(14-21(17)19-10-6-5-7-11-19)26-25-24(18(2)16-28(26)4)20-12-8-9-13-22(20)29-25;1-17-16-27(3)25(24-23(17)20-11-7-8-12-21(20)28-24)22-15-19(13-14-26(22)2)18-9-5-4-6-10-18;1-17-16-26(2)23(15-21(17)18-9-5-4-6-10-18)25-24-20(13-14-27(25)3)19-11-7-8-12-22(19)28-24;1-17-15-23(26(2)16-21(17)18-9-5-4-6-10-18)25-24-20(13-14-27(25)3)19-11-7-8-12-22(19)28-24;1-25-14-12-18(17-8-4-3-5-9-17)16-22(25)24-23-20(13-15-26(24)2)19-10-6-7-11-21(19)27-23/h5-16H,1-4H3;3*4-16H,1-3H3;3-16H,1-2H3/q5*+1. The lowest BCUT2D eigenvalue weighted by atomic mass is 9.51. The summed E-state index contributed by atoms with van der Waals surface area (Å²) in [6.45, 7) is 11.0. The van der Waals surface area contributed by atoms with Crippen LogP contribution in [0.2, 0.25) is 0 Å². The van der Waals surface area contributed by atoms with Crippen molar-refractivity contribution in [2.24, 2.45) is 35.2 Å². The normalized spacial score (nSPS) is 13.4. The highest BCUT2D eigenvalue weighted by Crippen LogP contribution is 2.36. The predicted octanol–water partition coefficient (Wildman–Crippen LogP) is 16.4. The Kier molecular flexibility index (Phi) is 24.5. The number of nitrogens with zero attached hydrogens (tertiary/aromatic N) is 10. The minimum Gasteiger partial charge on any atom is -0.467 e. The van der Waals surface area contributed by atoms with Gasteiger partial charge in [0.2, 0.25) is 0 Å². The Morgan fingerprint density at radius 1 is 0.229 bits per heavy atom. The van der Waals surface area contributed by atoms with Crippen molar-refractivity contribution in [2.45, 2.75) is 34.6 Å². The van der Waals surface area contributed by atoms with Gasteiger partial charge in [-0.3, -0.25) is 0 Å². The number of allylic oxidation sites excluding steroid dienone is 2. The van der Waals surface area contributed by atoms with Gasteiger partial charge in [0, 0.05) is 114 Å². The lowest BCUT2D eigenvalue weighted by Gasteiger charge is -2.26. The van der Waals surface area contributed by atoms with E-state index in [2.05, 4.69) is 493 Å². The third-order valence-corrected chi connectivity index (χ3v) is 28.3. The minimum atomic E-state index is 0.0224. The number of benzene rings is 10. The third kappa shape index (κ3) is 16.9. The molecule has 0 aliphatic carbocycles. The van der Waals surface area contributed by atoms with Crippen molar-refractivity contribution in [2.75, 3.05) is 35.2 Å². The van der Waals surface area contributed by atoms with Gasteiger partial charge >= 0.3 is 34.2 Å². The van der Waals surface area contributed by atoms with Crippen LogP contribution >= 0.6 is 0 Å². The highest BCUT2D eigenvalue weighted by Gasteiger charge is 2.47. The van der Waals surface area contributed by atoms with E-state index in [0.29, 0.717) is 0 Å². The van der Waals surface area contributed by atoms with Crippen LogP contribution in [0.5, 0.6) is 0 Å². The molecule has 0 unspecified atom stereocenters. The fourth-order valence-corrected chi connectivity index (χ4v) is 21.4. The van der Waals surface area contributed by atoms with E-state index in [9.17, 15) is 0 Å². The first kappa shape index (κ1) is 90.2. The van der Waals surface area contributed by atoms with E-state index >= 15 is 0 Å². The maximum Gasteiger partial charge on any atom is 0.443 e. The molecule has 0 amide bonds. The molecule has 5 aliphatic rings. The van der Waals surface area contributed by atoms with Crippen LogP contribution in [0.1, 0.15) is 58.4 Å². The summed E-state index contributed by atoms with van der Waals surface area (Å²) < 4.78 is 42.9. The highest BCUT2D eigenvalue weighted by molar-refractivity contribution is 6.84. The van der Waals surface area contributed by atoms with Crippen LogP contribution in [-0.4, -0.2) is 93.5 Å². The number of hydrogen-bond donors (Lipinski definition) is 0. The molecule has 25 rings (SSSR count). The Bertz CT molecular complexity index is 8290. The number of furan rings is 5. The molecule has 0 bridgehead atoms. The van der Waals surface area contributed by atoms with Crippen molar-refractivity contribution in [1.82, 2.24) is 24.1 Å². The summed E-state index contributed by atoms with van der Waals surface area (Å²) in [5.74, 6) is 0. The number of aryl methyl sites for hydroxylation is 8. The summed E-state index contributed by atoms with van der Waals surface area (Å²) in [6.07, 6.45) is 28.3. The summed E-state index contributed by atoms with van der Waals surface area (Å²) in [5.41, 5.74) is 40.4. The summed E-state index contributed by atoms with van der Waals surface area (Å²) in [7, 11) is 21.1. The maximum absolute atomic E-state index is 6.43. The molecule has 10 aromatic carbocycles. The van der Waals surface area contributed by atoms with Gasteiger partial charge in [-0.15, -0.1) is 0 Å². The van der Waals surface area contributed by atoms with E-state index in [1.807, 2.05) is 54.6 Å². The first-order chi connectivity index (χ1) is 68.2. The molecule has 15 nitrogen and oxygen atoms in total. The second kappa shape index (κ2) is 38.0. The van der Waals surface area contributed by atoms with Crippen molar-refractivity contribution in [3.05, 3.63) is 422 Å². The zero-order valence-corrected chi connectivity index (χ0v) is 81.9. The van der Waals surface area contributed by atoms with Gasteiger partial charge in [0.15, 0.2) is 59.0 Å². The van der Waals surface area contributed by atoms with Gasteiger partial charge in [0.25, 0.3) is 0 Å². The Labute approximate surface area is 820 Å². The molecule has 0 N–H and O–H groups in total. The molecule has 0 atom stereocenters. The van der Waals surface area contributed by atoms with Crippen LogP contribution in [0.3, 0.4) is 0 Å². The molecule has 0 radical (unpaired) electrons. The Hall–Kier alpha value is -16.3. The highest BCUT2D eigenvalue weighted by atomic mass is 16.3. The van der Waals surface area contributed by atoms with Crippen LogP contribution in [0, 0.1) is 20.8 Å². The Morgan fingerprint density at radius 3 is 0.836 bits per heavy atom. The van der Waals surface area contributed by atoms with Crippen molar-refractivity contribution in [3.8, 4) is 55.6 Å². The first-order valence-corrected chi connectivity index (χ1v) is 48.0. The molecule has 15 heterocycles. The predicted molar refractivity (Wildman–Crippen MR) is 579 cm³/mol. The van der Waals surface area contributed by atoms with Gasteiger partial charge < -0.3 is 46.1 Å². The second-order valence-corrected chi connectivity index (χ2v) is 37.7. The largest absolute Gasteiger partial charge is 0.467 e. The molecule has 0 spiro atoms. The zero-order chi connectivity index (χ0) is 96.3. The van der Waals surface area contributed by atoms with Crippen LogP contribution in [0.25, 0.3) is 140 Å². The molecule has 0 saturated carbocycles. The molecule has 0 saturated heterocycles. The van der Waals surface area contributed by atoms with Crippen LogP contribution < -0.4 is 79.1 Å². The second-order valence-electron chi connectivity index (χ2n) is 37.7. The summed E-state index contributed by atoms with van der Waals surface area (Å²) in [4.78, 5) is 11.2. The molecular formula is C120H110B5N10O5+5. The van der Waals surface area contributed by atoms with E-state index in [1.54, 1.807) is 0 Å². The van der Waals surface area contributed by atoms with Gasteiger partial charge in [0.05, 0.1) is 0 Å². The smallest absolute Gasteiger partial charge is 0.443 e. The van der Waals surface area contributed by atoms with Crippen LogP contribution in [-0.2, 0) is 35.2 Å². The van der Waals surface area contributed by atoms with Crippen molar-refractivity contribution >= 4 is 175 Å². The summed E-state index contributed by atoms with van der Waals surface area (Å²) >= 11 is 0. The number of para-hydroxylation sites is 5. The number of fused-ring (bicyclic) bond motifs is 15. The average molecular weight is 1830 g/mol. The van der Waals surface area contributed by atoms with Gasteiger partial charge in [-0.25, -0.2) is 22.8 Å². The van der Waals surface area contributed by atoms with Crippen molar-refractivity contribution < 1.29 is 44.9 Å². The van der Waals surface area contributed by atoms with E-state index in [0.717, 1.165) is 56.2 Å². The molecule has 140 heavy (non-hydrogen) atoms. The monoisotopic (exact) mass is 1830 g/mol. The number of aromatic nitrogens is 5. The number of pyridine rings is 5. The van der Waals surface area contributed by atoms with Gasteiger partial charge in [-0.1, -0.05) is 243 Å². The van der Waals surface area contributed by atoms with Crippen LogP contribution in [0.15, 0.2) is 400 Å². The molecule has 20 heteroatoms. The molecule has 10 aromatic heterocycles. The Balaban J connectivity index is 0.000000104. The van der Waals surface area contributed by atoms with E-state index in [-0.39, 0.29) is 34.2 Å². The van der Waals surface area contributed by atoms with E-state index in [4.69, 9.17) is 22.1 Å².